The summed E-state index contributed by atoms with van der Waals surface area (Å²) in [4.78, 5) is 13.8. The van der Waals surface area contributed by atoms with Crippen LogP contribution in [-0.4, -0.2) is 66.8 Å². The number of ether oxygens (including phenoxy) is 4. The maximum atomic E-state index is 13.8. The van der Waals surface area contributed by atoms with Gasteiger partial charge < -0.3 is 29.2 Å². The van der Waals surface area contributed by atoms with Crippen LogP contribution in [0.25, 0.3) is 0 Å². The smallest absolute Gasteiger partial charge is 0.143 e. The predicted molar refractivity (Wildman–Crippen MR) is 163 cm³/mol. The van der Waals surface area contributed by atoms with Gasteiger partial charge in [0.2, 0.25) is 0 Å². The van der Waals surface area contributed by atoms with Crippen LogP contribution >= 0.6 is 0 Å². The SMILES string of the molecule is COc1ccc(COCC[C@H](O)[C@@H](C)[C@H](OC)C(C)(C)C(=O)[C@@H](C)C[C@H](C)[C@H](O)[C@@]2(C)O[C@@H]2[C@@H](C)C=C(C)C)cc1. The van der Waals surface area contributed by atoms with E-state index in [0.717, 1.165) is 11.3 Å². The lowest BCUT2D eigenvalue weighted by molar-refractivity contribution is -0.145. The molecule has 2 rings (SSSR count). The van der Waals surface area contributed by atoms with E-state index >= 15 is 0 Å². The van der Waals surface area contributed by atoms with E-state index in [-0.39, 0.29) is 35.6 Å². The van der Waals surface area contributed by atoms with Crippen LogP contribution in [0.2, 0.25) is 0 Å². The van der Waals surface area contributed by atoms with Crippen molar-refractivity contribution < 1.29 is 34.0 Å². The van der Waals surface area contributed by atoms with Crippen molar-refractivity contribution in [2.24, 2.45) is 29.1 Å². The molecule has 7 nitrogen and oxygen atoms in total. The van der Waals surface area contributed by atoms with Crippen molar-refractivity contribution in [3.05, 3.63) is 41.5 Å². The first kappa shape index (κ1) is 35.4. The van der Waals surface area contributed by atoms with E-state index < -0.39 is 29.3 Å². The van der Waals surface area contributed by atoms with Crippen molar-refractivity contribution >= 4 is 5.78 Å². The third kappa shape index (κ3) is 9.11. The molecule has 0 aromatic heterocycles. The molecule has 7 heteroatoms. The van der Waals surface area contributed by atoms with E-state index in [0.29, 0.717) is 26.1 Å². The molecule has 0 radical (unpaired) electrons. The summed E-state index contributed by atoms with van der Waals surface area (Å²) in [6.45, 7) is 18.7. The van der Waals surface area contributed by atoms with Crippen LogP contribution in [0.4, 0.5) is 0 Å². The average molecular weight is 577 g/mol. The van der Waals surface area contributed by atoms with Crippen LogP contribution in [0.1, 0.15) is 80.7 Å². The van der Waals surface area contributed by atoms with Crippen molar-refractivity contribution in [3.63, 3.8) is 0 Å². The number of hydrogen-bond acceptors (Lipinski definition) is 7. The molecular formula is C34H56O7. The molecule has 41 heavy (non-hydrogen) atoms. The minimum atomic E-state index is -0.830. The summed E-state index contributed by atoms with van der Waals surface area (Å²) in [5, 5.41) is 22.2. The quantitative estimate of drug-likeness (QED) is 0.126. The van der Waals surface area contributed by atoms with Gasteiger partial charge in [0.05, 0.1) is 43.5 Å². The number of benzene rings is 1. The highest BCUT2D eigenvalue weighted by atomic mass is 16.6. The van der Waals surface area contributed by atoms with E-state index in [4.69, 9.17) is 18.9 Å². The number of ketones is 1. The molecule has 1 heterocycles. The number of epoxide rings is 1. The number of allylic oxidation sites excluding steroid dienone is 1. The highest BCUT2D eigenvalue weighted by Crippen LogP contribution is 2.47. The van der Waals surface area contributed by atoms with Crippen LogP contribution in [0.15, 0.2) is 35.9 Å². The Hall–Kier alpha value is -1.77. The van der Waals surface area contributed by atoms with Gasteiger partial charge in [0.1, 0.15) is 17.1 Å². The number of carbonyl (C=O) groups excluding carboxylic acids is 1. The second-order valence-corrected chi connectivity index (χ2v) is 13.2. The number of carbonyl (C=O) groups is 1. The van der Waals surface area contributed by atoms with Crippen molar-refractivity contribution in [2.45, 2.75) is 112 Å². The van der Waals surface area contributed by atoms with Crippen molar-refractivity contribution in [3.8, 4) is 5.75 Å². The molecule has 1 aliphatic rings. The zero-order valence-corrected chi connectivity index (χ0v) is 27.3. The molecule has 0 amide bonds. The standard InChI is InChI=1S/C34H56O7/c1-21(2)18-24(5)31-34(9,41-31)30(37)23(4)19-22(3)29(36)33(7,8)32(39-11)25(6)28(35)16-17-40-20-26-12-14-27(38-10)15-13-26/h12-15,18,22-25,28,30-32,35,37H,16-17,19-20H2,1-11H3/t22-,23-,24-,25+,28-,30-,31+,32-,34+/m0/s1. The fourth-order valence-electron chi connectivity index (χ4n) is 6.60. The van der Waals surface area contributed by atoms with Gasteiger partial charge in [0, 0.05) is 31.5 Å². The van der Waals surface area contributed by atoms with Gasteiger partial charge >= 0.3 is 0 Å². The second-order valence-electron chi connectivity index (χ2n) is 13.2. The minimum absolute atomic E-state index is 0.0299. The summed E-state index contributed by atoms with van der Waals surface area (Å²) in [5.74, 6) is 0.383. The highest BCUT2D eigenvalue weighted by molar-refractivity contribution is 5.86. The average Bonchev–Trinajstić information content (AvgIpc) is 3.62. The van der Waals surface area contributed by atoms with Crippen LogP contribution < -0.4 is 4.74 Å². The van der Waals surface area contributed by atoms with E-state index in [1.807, 2.05) is 65.8 Å². The first-order valence-electron chi connectivity index (χ1n) is 15.1. The van der Waals surface area contributed by atoms with Crippen molar-refractivity contribution in [1.82, 2.24) is 0 Å². The van der Waals surface area contributed by atoms with Gasteiger partial charge in [-0.05, 0) is 57.2 Å². The van der Waals surface area contributed by atoms with Gasteiger partial charge in [0.25, 0.3) is 0 Å². The molecule has 0 spiro atoms. The number of Topliss-reactive ketones (excluding diaryl/α,β-unsaturated/α-hetero) is 1. The fourth-order valence-corrected chi connectivity index (χ4v) is 6.60. The topological polar surface area (TPSA) is 97.8 Å². The lowest BCUT2D eigenvalue weighted by Gasteiger charge is -2.39. The van der Waals surface area contributed by atoms with E-state index in [9.17, 15) is 15.0 Å². The Bertz CT molecular complexity index is 983. The summed E-state index contributed by atoms with van der Waals surface area (Å²) < 4.78 is 22.8. The van der Waals surface area contributed by atoms with Gasteiger partial charge in [-0.2, -0.15) is 0 Å². The summed E-state index contributed by atoms with van der Waals surface area (Å²) in [7, 11) is 3.23. The lowest BCUT2D eigenvalue weighted by Crippen LogP contribution is -2.48. The Kier molecular flexibility index (Phi) is 13.1. The summed E-state index contributed by atoms with van der Waals surface area (Å²) in [6, 6.07) is 7.69. The molecule has 0 bridgehead atoms. The van der Waals surface area contributed by atoms with E-state index in [2.05, 4.69) is 26.8 Å². The maximum absolute atomic E-state index is 13.8. The number of hydrogen-bond donors (Lipinski definition) is 2. The molecule has 1 fully saturated rings. The molecule has 2 N–H and O–H groups in total. The van der Waals surface area contributed by atoms with Gasteiger partial charge in [-0.25, -0.2) is 0 Å². The van der Waals surface area contributed by atoms with E-state index in [1.165, 1.54) is 5.57 Å². The summed E-state index contributed by atoms with van der Waals surface area (Å²) in [6.07, 6.45) is 1.28. The molecule has 9 atom stereocenters. The van der Waals surface area contributed by atoms with Gasteiger partial charge in [0.15, 0.2) is 0 Å². The molecule has 0 saturated carbocycles. The normalized spacial score (nSPS) is 24.0. The fraction of sp³-hybridized carbons (Fsp3) is 0.735. The van der Waals surface area contributed by atoms with E-state index in [1.54, 1.807) is 14.2 Å². The molecule has 0 aliphatic carbocycles. The third-order valence-corrected chi connectivity index (χ3v) is 8.93. The largest absolute Gasteiger partial charge is 0.497 e. The zero-order valence-electron chi connectivity index (χ0n) is 27.3. The summed E-state index contributed by atoms with van der Waals surface area (Å²) in [5.41, 5.74) is 0.825. The van der Waals surface area contributed by atoms with Crippen LogP contribution in [0.5, 0.6) is 5.75 Å². The molecule has 1 aromatic carbocycles. The molecule has 1 aromatic rings. The van der Waals surface area contributed by atoms with Crippen molar-refractivity contribution in [2.75, 3.05) is 20.8 Å². The van der Waals surface area contributed by atoms with Gasteiger partial charge in [-0.3, -0.25) is 4.79 Å². The van der Waals surface area contributed by atoms with Crippen molar-refractivity contribution in [1.29, 1.82) is 0 Å². The van der Waals surface area contributed by atoms with Crippen LogP contribution in [0.3, 0.4) is 0 Å². The second kappa shape index (κ2) is 15.1. The number of aliphatic hydroxyl groups excluding tert-OH is 2. The number of rotatable bonds is 18. The lowest BCUT2D eigenvalue weighted by atomic mass is 9.70. The molecule has 1 saturated heterocycles. The summed E-state index contributed by atoms with van der Waals surface area (Å²) >= 11 is 0. The predicted octanol–water partition coefficient (Wildman–Crippen LogP) is 5.99. The van der Waals surface area contributed by atoms with Crippen LogP contribution in [-0.2, 0) is 25.6 Å². The first-order valence-corrected chi connectivity index (χ1v) is 15.1. The molecule has 0 unspecified atom stereocenters. The monoisotopic (exact) mass is 576 g/mol. The zero-order chi connectivity index (χ0) is 31.1. The Balaban J connectivity index is 1.92. The first-order chi connectivity index (χ1) is 19.1. The number of methoxy groups -OCH3 is 2. The molecule has 1 aliphatic heterocycles. The van der Waals surface area contributed by atoms with Gasteiger partial charge in [-0.15, -0.1) is 0 Å². The van der Waals surface area contributed by atoms with Gasteiger partial charge in [-0.1, -0.05) is 65.3 Å². The Morgan fingerprint density at radius 2 is 1.71 bits per heavy atom. The highest BCUT2D eigenvalue weighted by Gasteiger charge is 2.60. The third-order valence-electron chi connectivity index (χ3n) is 8.93. The maximum Gasteiger partial charge on any atom is 0.143 e. The Morgan fingerprint density at radius 1 is 1.10 bits per heavy atom. The molecular weight excluding hydrogens is 520 g/mol. The number of aliphatic hydroxyl groups is 2. The van der Waals surface area contributed by atoms with Crippen LogP contribution in [0, 0.1) is 29.1 Å². The minimum Gasteiger partial charge on any atom is -0.497 e. The Morgan fingerprint density at radius 3 is 2.24 bits per heavy atom. The Labute approximate surface area is 248 Å². The molecule has 234 valence electrons.